The highest BCUT2D eigenvalue weighted by Gasteiger charge is 2.21. The first kappa shape index (κ1) is 17.7. The van der Waals surface area contributed by atoms with Gasteiger partial charge in [0, 0.05) is 62.3 Å². The second-order valence-corrected chi connectivity index (χ2v) is 6.92. The van der Waals surface area contributed by atoms with Crippen molar-refractivity contribution < 1.29 is 8.78 Å². The van der Waals surface area contributed by atoms with Crippen LogP contribution in [0.1, 0.15) is 18.1 Å². The van der Waals surface area contributed by atoms with E-state index in [9.17, 15) is 13.6 Å². The molecule has 3 aromatic rings. The molecule has 142 valence electrons. The maximum absolute atomic E-state index is 14.0. The average molecular weight is 372 g/mol. The fraction of sp³-hybridized carbons (Fsp3) is 0.350. The van der Waals surface area contributed by atoms with E-state index in [1.807, 2.05) is 34.7 Å². The SMILES string of the molecule is CCc1cn2ccc(CN3CCN(c4ccc(F)cc4F)CC3)c2[nH]c1=O. The molecule has 27 heavy (non-hydrogen) atoms. The van der Waals surface area contributed by atoms with Crippen molar-refractivity contribution in [2.24, 2.45) is 0 Å². The molecule has 5 nitrogen and oxygen atoms in total. The van der Waals surface area contributed by atoms with Crippen LogP contribution in [0, 0.1) is 11.6 Å². The first-order chi connectivity index (χ1) is 13.0. The predicted molar refractivity (Wildman–Crippen MR) is 101 cm³/mol. The van der Waals surface area contributed by atoms with Crippen LogP contribution in [-0.2, 0) is 13.0 Å². The zero-order valence-corrected chi connectivity index (χ0v) is 15.2. The zero-order valence-electron chi connectivity index (χ0n) is 15.2. The predicted octanol–water partition coefficient (Wildman–Crippen LogP) is 2.79. The van der Waals surface area contributed by atoms with Gasteiger partial charge in [0.1, 0.15) is 17.3 Å². The molecule has 0 aliphatic carbocycles. The first-order valence-electron chi connectivity index (χ1n) is 9.19. The number of nitrogens with one attached hydrogen (secondary N) is 1. The van der Waals surface area contributed by atoms with Crippen LogP contribution in [0.5, 0.6) is 0 Å². The number of hydrogen-bond donors (Lipinski definition) is 1. The Morgan fingerprint density at radius 3 is 2.56 bits per heavy atom. The number of anilines is 1. The number of halogens is 2. The van der Waals surface area contributed by atoms with E-state index in [0.29, 0.717) is 25.2 Å². The fourth-order valence-electron chi connectivity index (χ4n) is 3.66. The largest absolute Gasteiger partial charge is 0.367 e. The number of aromatic amines is 1. The van der Waals surface area contributed by atoms with Crippen LogP contribution >= 0.6 is 0 Å². The van der Waals surface area contributed by atoms with Crippen LogP contribution in [0.2, 0.25) is 0 Å². The Balaban J connectivity index is 1.46. The van der Waals surface area contributed by atoms with Crippen molar-refractivity contribution >= 4 is 11.3 Å². The maximum Gasteiger partial charge on any atom is 0.254 e. The molecule has 1 saturated heterocycles. The number of nitrogens with zero attached hydrogens (tertiary/aromatic N) is 3. The molecule has 3 heterocycles. The van der Waals surface area contributed by atoms with E-state index in [1.165, 1.54) is 12.1 Å². The highest BCUT2D eigenvalue weighted by atomic mass is 19.1. The summed E-state index contributed by atoms with van der Waals surface area (Å²) < 4.78 is 29.0. The molecule has 1 aliphatic rings. The summed E-state index contributed by atoms with van der Waals surface area (Å²) in [7, 11) is 0. The summed E-state index contributed by atoms with van der Waals surface area (Å²) in [5, 5.41) is 0. The van der Waals surface area contributed by atoms with Gasteiger partial charge < -0.3 is 14.3 Å². The second-order valence-electron chi connectivity index (χ2n) is 6.92. The molecule has 0 unspecified atom stereocenters. The molecule has 0 atom stereocenters. The molecule has 0 amide bonds. The van der Waals surface area contributed by atoms with Crippen LogP contribution < -0.4 is 10.5 Å². The van der Waals surface area contributed by atoms with Crippen molar-refractivity contribution in [1.82, 2.24) is 14.3 Å². The van der Waals surface area contributed by atoms with Crippen molar-refractivity contribution in [3.8, 4) is 0 Å². The summed E-state index contributed by atoms with van der Waals surface area (Å²) in [6, 6.07) is 5.74. The number of piperazine rings is 1. The van der Waals surface area contributed by atoms with Gasteiger partial charge >= 0.3 is 0 Å². The molecule has 1 fully saturated rings. The number of benzene rings is 1. The van der Waals surface area contributed by atoms with E-state index >= 15 is 0 Å². The summed E-state index contributed by atoms with van der Waals surface area (Å²) in [6.07, 6.45) is 4.54. The van der Waals surface area contributed by atoms with Gasteiger partial charge in [0.15, 0.2) is 0 Å². The molecule has 2 aromatic heterocycles. The minimum Gasteiger partial charge on any atom is -0.367 e. The molecule has 0 radical (unpaired) electrons. The first-order valence-corrected chi connectivity index (χ1v) is 9.19. The smallest absolute Gasteiger partial charge is 0.254 e. The third-order valence-corrected chi connectivity index (χ3v) is 5.21. The number of rotatable bonds is 4. The van der Waals surface area contributed by atoms with Crippen molar-refractivity contribution in [3.05, 3.63) is 69.8 Å². The molecule has 1 aliphatic heterocycles. The van der Waals surface area contributed by atoms with Gasteiger partial charge in [0.05, 0.1) is 5.69 Å². The maximum atomic E-state index is 14.0. The molecule has 0 saturated carbocycles. The normalized spacial score (nSPS) is 15.6. The summed E-state index contributed by atoms with van der Waals surface area (Å²) in [5.74, 6) is -1.08. The minimum atomic E-state index is -0.560. The fourth-order valence-corrected chi connectivity index (χ4v) is 3.66. The third kappa shape index (κ3) is 3.47. The Morgan fingerprint density at radius 1 is 1.07 bits per heavy atom. The quantitative estimate of drug-likeness (QED) is 0.766. The summed E-state index contributed by atoms with van der Waals surface area (Å²) in [4.78, 5) is 19.3. The zero-order chi connectivity index (χ0) is 19.0. The monoisotopic (exact) mass is 372 g/mol. The van der Waals surface area contributed by atoms with Gasteiger partial charge in [0.25, 0.3) is 5.56 Å². The Bertz CT molecular complexity index is 1020. The van der Waals surface area contributed by atoms with Gasteiger partial charge in [0.2, 0.25) is 0 Å². The standard InChI is InChI=1S/C20H22F2N4O/c1-2-14-13-26-6-5-15(19(26)23-20(14)27)12-24-7-9-25(10-8-24)18-4-3-16(21)11-17(18)22/h3-6,11,13H,2,7-10,12H2,1H3,(H,23,27). The summed E-state index contributed by atoms with van der Waals surface area (Å²) in [5.41, 5.74) is 3.06. The topological polar surface area (TPSA) is 43.8 Å². The van der Waals surface area contributed by atoms with Crippen LogP contribution in [0.4, 0.5) is 14.5 Å². The van der Waals surface area contributed by atoms with E-state index in [0.717, 1.165) is 42.5 Å². The molecule has 0 bridgehead atoms. The minimum absolute atomic E-state index is 0.0402. The Kier molecular flexibility index (Phi) is 4.70. The third-order valence-electron chi connectivity index (χ3n) is 5.21. The van der Waals surface area contributed by atoms with Crippen molar-refractivity contribution in [2.75, 3.05) is 31.1 Å². The Morgan fingerprint density at radius 2 is 1.85 bits per heavy atom. The molecular weight excluding hydrogens is 350 g/mol. The van der Waals surface area contributed by atoms with E-state index in [2.05, 4.69) is 9.88 Å². The van der Waals surface area contributed by atoms with Crippen LogP contribution in [0.25, 0.3) is 5.65 Å². The highest BCUT2D eigenvalue weighted by Crippen LogP contribution is 2.22. The van der Waals surface area contributed by atoms with Gasteiger partial charge in [-0.3, -0.25) is 9.69 Å². The Hall–Kier alpha value is -2.67. The van der Waals surface area contributed by atoms with Gasteiger partial charge in [-0.15, -0.1) is 0 Å². The number of hydrogen-bond acceptors (Lipinski definition) is 3. The van der Waals surface area contributed by atoms with Crippen LogP contribution in [0.3, 0.4) is 0 Å². The van der Waals surface area contributed by atoms with Gasteiger partial charge in [-0.05, 0) is 24.6 Å². The number of H-pyrrole nitrogens is 1. The van der Waals surface area contributed by atoms with Crippen molar-refractivity contribution in [1.29, 1.82) is 0 Å². The molecule has 1 aromatic carbocycles. The Labute approximate surface area is 155 Å². The van der Waals surface area contributed by atoms with Gasteiger partial charge in [-0.1, -0.05) is 6.92 Å². The lowest BCUT2D eigenvalue weighted by Crippen LogP contribution is -2.46. The molecular formula is C20H22F2N4O. The molecule has 0 spiro atoms. The lowest BCUT2D eigenvalue weighted by atomic mass is 10.2. The van der Waals surface area contributed by atoms with Gasteiger partial charge in [-0.25, -0.2) is 8.78 Å². The number of aryl methyl sites for hydroxylation is 1. The van der Waals surface area contributed by atoms with Crippen molar-refractivity contribution in [2.45, 2.75) is 19.9 Å². The average Bonchev–Trinajstić information content (AvgIpc) is 3.03. The van der Waals surface area contributed by atoms with Crippen LogP contribution in [0.15, 0.2) is 41.5 Å². The summed E-state index contributed by atoms with van der Waals surface area (Å²) in [6.45, 7) is 5.56. The second kappa shape index (κ2) is 7.15. The number of aromatic nitrogens is 2. The molecule has 1 N–H and O–H groups in total. The molecule has 7 heteroatoms. The summed E-state index contributed by atoms with van der Waals surface area (Å²) >= 11 is 0. The highest BCUT2D eigenvalue weighted by molar-refractivity contribution is 5.50. The van der Waals surface area contributed by atoms with E-state index < -0.39 is 11.6 Å². The van der Waals surface area contributed by atoms with Gasteiger partial charge in [-0.2, -0.15) is 0 Å². The lowest BCUT2D eigenvalue weighted by Gasteiger charge is -2.36. The number of fused-ring (bicyclic) bond motifs is 1. The van der Waals surface area contributed by atoms with E-state index in [1.54, 1.807) is 0 Å². The van der Waals surface area contributed by atoms with Crippen molar-refractivity contribution in [3.63, 3.8) is 0 Å². The van der Waals surface area contributed by atoms with E-state index in [-0.39, 0.29) is 5.56 Å². The lowest BCUT2D eigenvalue weighted by molar-refractivity contribution is 0.250. The molecule has 4 rings (SSSR count). The van der Waals surface area contributed by atoms with Crippen LogP contribution in [-0.4, -0.2) is 40.5 Å². The van der Waals surface area contributed by atoms with E-state index in [4.69, 9.17) is 0 Å².